The number of anilines is 1. The lowest BCUT2D eigenvalue weighted by atomic mass is 9.97. The van der Waals surface area contributed by atoms with Crippen LogP contribution in [0.25, 0.3) is 0 Å². The number of aromatic hydroxyl groups is 2. The molecule has 0 unspecified atom stereocenters. The minimum atomic E-state index is -1.78. The van der Waals surface area contributed by atoms with E-state index in [0.717, 1.165) is 37.3 Å². The normalized spacial score (nSPS) is 22.1. The zero-order valence-electron chi connectivity index (χ0n) is 28.5. The van der Waals surface area contributed by atoms with E-state index in [-0.39, 0.29) is 45.5 Å². The van der Waals surface area contributed by atoms with Crippen molar-refractivity contribution in [1.29, 1.82) is 0 Å². The van der Waals surface area contributed by atoms with Crippen LogP contribution in [0.5, 0.6) is 11.5 Å². The first-order chi connectivity index (χ1) is 24.6. The zero-order valence-corrected chi connectivity index (χ0v) is 30.1. The molecule has 0 saturated carbocycles. The number of aliphatic carboxylic acids is 2. The summed E-state index contributed by atoms with van der Waals surface area (Å²) in [5.74, 6) is -4.62. The largest absolute Gasteiger partial charge is 0.504 e. The quantitative estimate of drug-likeness (QED) is 0.0624. The number of carboxylic acids is 2. The molecule has 0 bridgehead atoms. The second-order valence-electron chi connectivity index (χ2n) is 13.8. The molecule has 2 atom stereocenters. The number of carboxylic acid groups (broad SMARTS) is 2. The number of thioether (sulfide) groups is 1. The minimum Gasteiger partial charge on any atom is -0.504 e. The molecule has 5 heterocycles. The predicted octanol–water partition coefficient (Wildman–Crippen LogP) is 1.37. The maximum Gasteiger partial charge on any atom is 0.352 e. The summed E-state index contributed by atoms with van der Waals surface area (Å²) in [6, 6.07) is 3.08. The molecule has 278 valence electrons. The van der Waals surface area contributed by atoms with E-state index in [2.05, 4.69) is 15.5 Å². The number of nitrogens with zero attached hydrogens (tertiary/aromatic N) is 5. The molecule has 4 aliphatic rings. The van der Waals surface area contributed by atoms with Crippen molar-refractivity contribution >= 4 is 63.6 Å². The Morgan fingerprint density at radius 3 is 2.40 bits per heavy atom. The number of piperidine rings is 1. The molecule has 52 heavy (non-hydrogen) atoms. The van der Waals surface area contributed by atoms with Gasteiger partial charge < -0.3 is 45.7 Å². The van der Waals surface area contributed by atoms with Gasteiger partial charge in [-0.1, -0.05) is 5.16 Å². The minimum absolute atomic E-state index is 0.0176. The lowest BCUT2D eigenvalue weighted by molar-refractivity contribution is -0.937. The standard InChI is InChI=1S/C33H39N7O10S2/c1-33(2,31(48)49)50-37-23(20-16-52-32(34)35-20)26(43)36-24-28(45)39-25(30(46)47)18(15-51-29(24)39)14-40(11-3-4-12-40)19-7-9-38(10-8-19)27(44)17-5-6-21(41)22(42)13-17/h5-6,13,16,19,24,29H,3-4,7-12,14-15H2,1-2H3,(H6-,34,35,36,37,41,42,43,44,46,47,48,49)/p+1/t24-,29-/m1/s1. The van der Waals surface area contributed by atoms with Crippen LogP contribution < -0.4 is 11.1 Å². The van der Waals surface area contributed by atoms with Crippen LogP contribution in [-0.2, 0) is 24.0 Å². The number of quaternary nitrogens is 1. The van der Waals surface area contributed by atoms with Crippen LogP contribution in [0.4, 0.5) is 5.13 Å². The summed E-state index contributed by atoms with van der Waals surface area (Å²) >= 11 is 2.37. The lowest BCUT2D eigenvalue weighted by Gasteiger charge is -2.51. The molecule has 2 aromatic rings. The number of carbonyl (C=O) groups is 5. The Morgan fingerprint density at radius 2 is 1.81 bits per heavy atom. The average molecular weight is 759 g/mol. The smallest absolute Gasteiger partial charge is 0.352 e. The molecule has 4 aliphatic heterocycles. The van der Waals surface area contributed by atoms with Gasteiger partial charge in [0.25, 0.3) is 17.7 Å². The molecule has 1 aromatic carbocycles. The lowest BCUT2D eigenvalue weighted by Crippen LogP contribution is -2.71. The van der Waals surface area contributed by atoms with Crippen LogP contribution in [0.3, 0.4) is 0 Å². The first-order valence-corrected chi connectivity index (χ1v) is 18.6. The Hall–Kier alpha value is -4.88. The molecule has 1 aromatic heterocycles. The number of nitrogen functional groups attached to an aromatic ring is 1. The Balaban J connectivity index is 1.16. The summed E-state index contributed by atoms with van der Waals surface area (Å²) in [5.41, 5.74) is 4.42. The van der Waals surface area contributed by atoms with E-state index in [0.29, 0.717) is 48.3 Å². The van der Waals surface area contributed by atoms with Gasteiger partial charge in [-0.3, -0.25) is 19.3 Å². The summed E-state index contributed by atoms with van der Waals surface area (Å²) in [7, 11) is 0. The Labute approximate surface area is 306 Å². The van der Waals surface area contributed by atoms with Gasteiger partial charge in [-0.25, -0.2) is 14.6 Å². The molecule has 19 heteroatoms. The van der Waals surface area contributed by atoms with E-state index in [9.17, 15) is 44.4 Å². The van der Waals surface area contributed by atoms with Gasteiger partial charge in [0.1, 0.15) is 29.4 Å². The fraction of sp³-hybridized carbons (Fsp3) is 0.485. The van der Waals surface area contributed by atoms with Crippen molar-refractivity contribution in [1.82, 2.24) is 20.1 Å². The highest BCUT2D eigenvalue weighted by Crippen LogP contribution is 2.42. The summed E-state index contributed by atoms with van der Waals surface area (Å²) in [6.45, 7) is 5.57. The molecular formula is C33H40N7O10S2+. The summed E-state index contributed by atoms with van der Waals surface area (Å²) in [4.78, 5) is 76.7. The molecule has 0 spiro atoms. The highest BCUT2D eigenvalue weighted by molar-refractivity contribution is 8.00. The fourth-order valence-corrected chi connectivity index (χ4v) is 9.15. The number of aromatic nitrogens is 1. The Kier molecular flexibility index (Phi) is 10.1. The third-order valence-corrected chi connectivity index (χ3v) is 12.1. The molecule has 3 amide bonds. The van der Waals surface area contributed by atoms with Crippen molar-refractivity contribution in [3.8, 4) is 11.5 Å². The van der Waals surface area contributed by atoms with Gasteiger partial charge in [-0.15, -0.1) is 23.1 Å². The van der Waals surface area contributed by atoms with Crippen molar-refractivity contribution in [3.05, 3.63) is 46.1 Å². The Morgan fingerprint density at radius 1 is 1.12 bits per heavy atom. The first kappa shape index (κ1) is 36.9. The number of β-lactam (4-membered cyclic amide) rings is 1. The number of oxime groups is 1. The molecule has 17 nitrogen and oxygen atoms in total. The van der Waals surface area contributed by atoms with Crippen LogP contribution in [0.15, 0.2) is 40.0 Å². The third-order valence-electron chi connectivity index (χ3n) is 10.1. The molecule has 0 aliphatic carbocycles. The van der Waals surface area contributed by atoms with Crippen molar-refractivity contribution in [3.63, 3.8) is 0 Å². The number of hydrogen-bond donors (Lipinski definition) is 6. The number of likely N-dealkylation sites (tertiary alicyclic amines) is 2. The average Bonchev–Trinajstić information content (AvgIpc) is 3.77. The van der Waals surface area contributed by atoms with Gasteiger partial charge in [0.15, 0.2) is 22.3 Å². The van der Waals surface area contributed by atoms with Crippen LogP contribution in [0.2, 0.25) is 0 Å². The number of amides is 3. The van der Waals surface area contributed by atoms with Gasteiger partial charge in [0.05, 0.1) is 19.1 Å². The number of benzene rings is 1. The van der Waals surface area contributed by atoms with E-state index in [1.54, 1.807) is 4.90 Å². The monoisotopic (exact) mass is 758 g/mol. The number of phenolic OH excluding ortho intramolecular Hbond substituents is 2. The van der Waals surface area contributed by atoms with Gasteiger partial charge in [0.2, 0.25) is 5.60 Å². The maximum atomic E-state index is 13.6. The van der Waals surface area contributed by atoms with E-state index >= 15 is 0 Å². The Bertz CT molecular complexity index is 1860. The first-order valence-electron chi connectivity index (χ1n) is 16.7. The second-order valence-corrected chi connectivity index (χ2v) is 15.8. The van der Waals surface area contributed by atoms with E-state index in [1.807, 2.05) is 0 Å². The van der Waals surface area contributed by atoms with Gasteiger partial charge in [-0.2, -0.15) is 0 Å². The second kappa shape index (κ2) is 14.3. The van der Waals surface area contributed by atoms with Gasteiger partial charge >= 0.3 is 11.9 Å². The van der Waals surface area contributed by atoms with Crippen LogP contribution >= 0.6 is 23.1 Å². The van der Waals surface area contributed by atoms with Crippen molar-refractivity contribution in [2.75, 3.05) is 44.2 Å². The predicted molar refractivity (Wildman–Crippen MR) is 188 cm³/mol. The number of phenols is 2. The molecule has 3 fully saturated rings. The van der Waals surface area contributed by atoms with E-state index in [4.69, 9.17) is 10.6 Å². The number of carbonyl (C=O) groups excluding carboxylic acids is 3. The number of thiazole rings is 1. The fourth-order valence-electron chi connectivity index (χ4n) is 7.27. The molecule has 7 N–H and O–H groups in total. The number of nitrogens with two attached hydrogens (primary N) is 1. The number of rotatable bonds is 11. The molecule has 6 rings (SSSR count). The molecule has 3 saturated heterocycles. The third kappa shape index (κ3) is 6.99. The molecule has 0 radical (unpaired) electrons. The van der Waals surface area contributed by atoms with Crippen LogP contribution in [0.1, 0.15) is 55.6 Å². The summed E-state index contributed by atoms with van der Waals surface area (Å²) in [5, 5.41) is 46.6. The van der Waals surface area contributed by atoms with Gasteiger partial charge in [0, 0.05) is 61.0 Å². The zero-order chi connectivity index (χ0) is 37.5. The highest BCUT2D eigenvalue weighted by atomic mass is 32.2. The van der Waals surface area contributed by atoms with Crippen LogP contribution in [0, 0.1) is 0 Å². The van der Waals surface area contributed by atoms with Crippen LogP contribution in [-0.4, -0.2) is 137 Å². The topological polar surface area (TPSA) is 245 Å². The number of hydrogen-bond acceptors (Lipinski definition) is 13. The van der Waals surface area contributed by atoms with E-state index in [1.165, 1.54) is 54.1 Å². The number of fused-ring (bicyclic) bond motifs is 1. The van der Waals surface area contributed by atoms with Crippen molar-refractivity contribution in [2.45, 2.75) is 62.6 Å². The SMILES string of the molecule is CC(C)(O/N=C(\C(=O)N[C@@H]1C(=O)N2C(C(=O)O)=C(C[N+]3(C4CCN(C(=O)c5ccc(O)c(O)c5)CC4)CCCC3)CS[C@H]12)c1csc(N)n1)C(=O)O. The number of nitrogens with one attached hydrogen (secondary N) is 1. The van der Waals surface area contributed by atoms with E-state index < -0.39 is 46.5 Å². The summed E-state index contributed by atoms with van der Waals surface area (Å²) in [6.07, 6.45) is 3.33. The maximum absolute atomic E-state index is 13.6. The van der Waals surface area contributed by atoms with Crippen molar-refractivity contribution in [2.24, 2.45) is 5.16 Å². The molecular weight excluding hydrogens is 719 g/mol. The highest BCUT2D eigenvalue weighted by Gasteiger charge is 2.56. The summed E-state index contributed by atoms with van der Waals surface area (Å²) < 4.78 is 0.658. The van der Waals surface area contributed by atoms with Crippen molar-refractivity contribution < 1.29 is 53.7 Å². The van der Waals surface area contributed by atoms with Gasteiger partial charge in [-0.05, 0) is 32.0 Å².